The molecule has 1 aromatic carbocycles. The number of benzene rings is 1. The van der Waals surface area contributed by atoms with Gasteiger partial charge in [-0.25, -0.2) is 4.98 Å². The second-order valence-corrected chi connectivity index (χ2v) is 4.74. The van der Waals surface area contributed by atoms with Gasteiger partial charge in [0.05, 0.1) is 18.5 Å². The molecule has 0 aliphatic rings. The summed E-state index contributed by atoms with van der Waals surface area (Å²) in [5.41, 5.74) is 1.92. The van der Waals surface area contributed by atoms with Gasteiger partial charge in [-0.05, 0) is 17.7 Å². The summed E-state index contributed by atoms with van der Waals surface area (Å²) in [6, 6.07) is 8.03. The van der Waals surface area contributed by atoms with E-state index in [1.165, 1.54) is 0 Å². The minimum absolute atomic E-state index is 0.0237. The number of nitrogens with zero attached hydrogens (tertiary/aromatic N) is 2. The molecule has 0 unspecified atom stereocenters. The van der Waals surface area contributed by atoms with Gasteiger partial charge >= 0.3 is 0 Å². The second-order valence-electron chi connectivity index (χ2n) is 3.42. The molecule has 0 radical (unpaired) electrons. The van der Waals surface area contributed by atoms with Gasteiger partial charge in [-0.3, -0.25) is 0 Å². The Balaban J connectivity index is 2.26. The van der Waals surface area contributed by atoms with Crippen LogP contribution in [0.2, 0.25) is 0 Å². The van der Waals surface area contributed by atoms with E-state index in [4.69, 9.17) is 5.11 Å². The van der Waals surface area contributed by atoms with Crippen LogP contribution in [-0.2, 0) is 13.2 Å². The van der Waals surface area contributed by atoms with Crippen molar-refractivity contribution in [3.63, 3.8) is 0 Å². The van der Waals surface area contributed by atoms with Gasteiger partial charge < -0.3 is 9.67 Å². The standard InChI is InChI=1S/C11H11BrN2OS/c12-9-3-1-8(2-4-9)6-14-10(7-15)5-13-11(14)16/h1-5,15H,6-7H2,(H,13,16). The van der Waals surface area contributed by atoms with Gasteiger partial charge in [-0.1, -0.05) is 28.1 Å². The van der Waals surface area contributed by atoms with Crippen molar-refractivity contribution in [2.45, 2.75) is 18.3 Å². The number of hydrogen-bond acceptors (Lipinski definition) is 3. The minimum Gasteiger partial charge on any atom is -0.390 e. The fraction of sp³-hybridized carbons (Fsp3) is 0.182. The summed E-state index contributed by atoms with van der Waals surface area (Å²) in [6.45, 7) is 0.645. The molecule has 0 atom stereocenters. The van der Waals surface area contributed by atoms with Crippen LogP contribution in [0.3, 0.4) is 0 Å². The monoisotopic (exact) mass is 298 g/mol. The van der Waals surface area contributed by atoms with Crippen molar-refractivity contribution in [3.8, 4) is 0 Å². The molecule has 1 N–H and O–H groups in total. The fourth-order valence-corrected chi connectivity index (χ4v) is 1.99. The Labute approximate surface area is 108 Å². The largest absolute Gasteiger partial charge is 0.390 e. The molecule has 0 bridgehead atoms. The van der Waals surface area contributed by atoms with Crippen molar-refractivity contribution < 1.29 is 5.11 Å². The number of halogens is 1. The molecule has 0 fully saturated rings. The molecule has 1 aromatic heterocycles. The van der Waals surface area contributed by atoms with Crippen molar-refractivity contribution in [3.05, 3.63) is 46.2 Å². The predicted octanol–water partition coefficient (Wildman–Crippen LogP) is 2.47. The maximum absolute atomic E-state index is 9.15. The Morgan fingerprint density at radius 3 is 2.62 bits per heavy atom. The van der Waals surface area contributed by atoms with E-state index in [9.17, 15) is 0 Å². The molecule has 0 aliphatic heterocycles. The molecule has 0 spiro atoms. The van der Waals surface area contributed by atoms with Gasteiger partial charge in [-0.2, -0.15) is 0 Å². The Morgan fingerprint density at radius 1 is 1.31 bits per heavy atom. The summed E-state index contributed by atoms with van der Waals surface area (Å²) in [5.74, 6) is 0. The van der Waals surface area contributed by atoms with Crippen molar-refractivity contribution in [1.29, 1.82) is 0 Å². The maximum atomic E-state index is 9.15. The van der Waals surface area contributed by atoms with Gasteiger partial charge in [0, 0.05) is 11.0 Å². The van der Waals surface area contributed by atoms with Gasteiger partial charge in [0.1, 0.15) is 0 Å². The van der Waals surface area contributed by atoms with E-state index in [1.54, 1.807) is 6.20 Å². The van der Waals surface area contributed by atoms with Gasteiger partial charge in [0.15, 0.2) is 5.16 Å². The molecule has 5 heteroatoms. The number of thiol groups is 1. The summed E-state index contributed by atoms with van der Waals surface area (Å²) in [7, 11) is 0. The Hall–Kier alpha value is -0.780. The quantitative estimate of drug-likeness (QED) is 0.855. The highest BCUT2D eigenvalue weighted by Gasteiger charge is 2.06. The molecule has 0 aliphatic carbocycles. The fourth-order valence-electron chi connectivity index (χ4n) is 1.47. The molecule has 3 nitrogen and oxygen atoms in total. The highest BCUT2D eigenvalue weighted by atomic mass is 79.9. The zero-order valence-corrected chi connectivity index (χ0v) is 10.9. The number of aliphatic hydroxyl groups is 1. The number of aliphatic hydroxyl groups excluding tert-OH is 1. The topological polar surface area (TPSA) is 38.1 Å². The van der Waals surface area contributed by atoms with Crippen LogP contribution < -0.4 is 0 Å². The Kier molecular flexibility index (Phi) is 3.68. The van der Waals surface area contributed by atoms with Crippen LogP contribution in [0.1, 0.15) is 11.3 Å². The molecule has 0 saturated heterocycles. The summed E-state index contributed by atoms with van der Waals surface area (Å²) in [6.07, 6.45) is 1.64. The van der Waals surface area contributed by atoms with Crippen molar-refractivity contribution in [2.24, 2.45) is 0 Å². The number of imidazole rings is 1. The zero-order chi connectivity index (χ0) is 11.5. The van der Waals surface area contributed by atoms with Crippen molar-refractivity contribution in [1.82, 2.24) is 9.55 Å². The van der Waals surface area contributed by atoms with E-state index in [0.29, 0.717) is 11.7 Å². The highest BCUT2D eigenvalue weighted by molar-refractivity contribution is 9.10. The van der Waals surface area contributed by atoms with Crippen molar-refractivity contribution in [2.75, 3.05) is 0 Å². The Bertz CT molecular complexity index is 481. The van der Waals surface area contributed by atoms with Crippen LogP contribution in [0.4, 0.5) is 0 Å². The van der Waals surface area contributed by atoms with E-state index in [1.807, 2.05) is 28.8 Å². The molecular weight excluding hydrogens is 288 g/mol. The number of aromatic nitrogens is 2. The third-order valence-corrected chi connectivity index (χ3v) is 3.22. The third-order valence-electron chi connectivity index (χ3n) is 2.33. The first-order valence-corrected chi connectivity index (χ1v) is 6.03. The summed E-state index contributed by atoms with van der Waals surface area (Å²) >= 11 is 7.65. The maximum Gasteiger partial charge on any atom is 0.165 e. The van der Waals surface area contributed by atoms with E-state index in [0.717, 1.165) is 15.7 Å². The second kappa shape index (κ2) is 5.03. The number of rotatable bonds is 3. The molecule has 2 aromatic rings. The molecule has 1 heterocycles. The third kappa shape index (κ3) is 2.48. The summed E-state index contributed by atoms with van der Waals surface area (Å²) < 4.78 is 2.93. The predicted molar refractivity (Wildman–Crippen MR) is 68.6 cm³/mol. The number of hydrogen-bond donors (Lipinski definition) is 2. The first-order valence-electron chi connectivity index (χ1n) is 4.79. The molecule has 84 valence electrons. The summed E-state index contributed by atoms with van der Waals surface area (Å²) in [5, 5.41) is 9.77. The summed E-state index contributed by atoms with van der Waals surface area (Å²) in [4.78, 5) is 4.06. The van der Waals surface area contributed by atoms with Gasteiger partial charge in [0.2, 0.25) is 0 Å². The van der Waals surface area contributed by atoms with Crippen LogP contribution in [0.5, 0.6) is 0 Å². The Morgan fingerprint density at radius 2 is 2.00 bits per heavy atom. The lowest BCUT2D eigenvalue weighted by Gasteiger charge is -2.08. The first kappa shape index (κ1) is 11.7. The average molecular weight is 299 g/mol. The zero-order valence-electron chi connectivity index (χ0n) is 8.47. The van der Waals surface area contributed by atoms with Gasteiger partial charge in [0.25, 0.3) is 0 Å². The lowest BCUT2D eigenvalue weighted by atomic mass is 10.2. The van der Waals surface area contributed by atoms with Crippen LogP contribution in [-0.4, -0.2) is 14.7 Å². The molecule has 16 heavy (non-hydrogen) atoms. The van der Waals surface area contributed by atoms with Crippen molar-refractivity contribution >= 4 is 28.6 Å². The van der Waals surface area contributed by atoms with Crippen LogP contribution >= 0.6 is 28.6 Å². The molecule has 2 rings (SSSR count). The molecule has 0 amide bonds. The van der Waals surface area contributed by atoms with E-state index in [2.05, 4.69) is 33.5 Å². The lowest BCUT2D eigenvalue weighted by Crippen LogP contribution is -2.04. The van der Waals surface area contributed by atoms with Crippen LogP contribution in [0.25, 0.3) is 0 Å². The molecule has 0 saturated carbocycles. The molecular formula is C11H11BrN2OS. The lowest BCUT2D eigenvalue weighted by molar-refractivity contribution is 0.270. The van der Waals surface area contributed by atoms with Crippen LogP contribution in [0.15, 0.2) is 40.1 Å². The highest BCUT2D eigenvalue weighted by Crippen LogP contribution is 2.15. The smallest absolute Gasteiger partial charge is 0.165 e. The van der Waals surface area contributed by atoms with Gasteiger partial charge in [-0.15, -0.1) is 12.6 Å². The first-order chi connectivity index (χ1) is 7.70. The van der Waals surface area contributed by atoms with E-state index >= 15 is 0 Å². The average Bonchev–Trinajstić information content (AvgIpc) is 2.63. The van der Waals surface area contributed by atoms with E-state index in [-0.39, 0.29) is 6.61 Å². The van der Waals surface area contributed by atoms with E-state index < -0.39 is 0 Å². The SMILES string of the molecule is OCc1cnc(S)n1Cc1ccc(Br)cc1. The minimum atomic E-state index is -0.0237. The normalized spacial score (nSPS) is 10.7. The van der Waals surface area contributed by atoms with Crippen LogP contribution in [0, 0.1) is 0 Å².